The first-order valence-corrected chi connectivity index (χ1v) is 11.9. The van der Waals surface area contributed by atoms with E-state index in [0.29, 0.717) is 46.1 Å². The van der Waals surface area contributed by atoms with Crippen molar-refractivity contribution in [3.8, 4) is 11.1 Å². The number of carbonyl (C=O) groups excluding carboxylic acids is 2. The summed E-state index contributed by atoms with van der Waals surface area (Å²) in [5.74, 6) is 0.614. The van der Waals surface area contributed by atoms with Crippen LogP contribution in [0, 0.1) is 5.82 Å². The highest BCUT2D eigenvalue weighted by molar-refractivity contribution is 6.33. The Kier molecular flexibility index (Phi) is 6.77. The zero-order chi connectivity index (χ0) is 26.1. The number of methoxy groups -OCH3 is 1. The molecule has 1 N–H and O–H groups in total. The number of hydrogen-bond donors (Lipinski definition) is 1. The summed E-state index contributed by atoms with van der Waals surface area (Å²) in [4.78, 5) is 31.1. The Labute approximate surface area is 217 Å². The van der Waals surface area contributed by atoms with Crippen molar-refractivity contribution >= 4 is 35.4 Å². The first-order valence-electron chi connectivity index (χ1n) is 11.5. The fourth-order valence-corrected chi connectivity index (χ4v) is 4.74. The van der Waals surface area contributed by atoms with Crippen molar-refractivity contribution < 1.29 is 18.7 Å². The van der Waals surface area contributed by atoms with E-state index in [9.17, 15) is 14.0 Å². The summed E-state index contributed by atoms with van der Waals surface area (Å²) in [6, 6.07) is 9.03. The minimum atomic E-state index is -0.470. The molecule has 3 aromatic heterocycles. The van der Waals surface area contributed by atoms with E-state index in [2.05, 4.69) is 15.4 Å². The summed E-state index contributed by atoms with van der Waals surface area (Å²) in [5.41, 5.74) is 2.69. The Bertz CT molecular complexity index is 1480. The van der Waals surface area contributed by atoms with Gasteiger partial charge in [-0.1, -0.05) is 11.6 Å². The quantitative estimate of drug-likeness (QED) is 0.347. The molecular formula is C26H24ClFN6O3. The van der Waals surface area contributed by atoms with Gasteiger partial charge in [-0.3, -0.25) is 14.3 Å². The molecule has 1 aliphatic heterocycles. The number of benzene rings is 1. The van der Waals surface area contributed by atoms with E-state index >= 15 is 0 Å². The minimum absolute atomic E-state index is 0.0774. The highest BCUT2D eigenvalue weighted by atomic mass is 35.5. The number of rotatable bonds is 8. The van der Waals surface area contributed by atoms with Crippen LogP contribution in [0.15, 0.2) is 55.0 Å². The van der Waals surface area contributed by atoms with Crippen LogP contribution in [0.1, 0.15) is 26.4 Å². The van der Waals surface area contributed by atoms with Crippen molar-refractivity contribution in [1.82, 2.24) is 24.2 Å². The molecule has 4 aromatic rings. The van der Waals surface area contributed by atoms with Crippen LogP contribution in [0.2, 0.25) is 5.02 Å². The summed E-state index contributed by atoms with van der Waals surface area (Å²) >= 11 is 6.51. The van der Waals surface area contributed by atoms with Crippen molar-refractivity contribution in [2.45, 2.75) is 19.1 Å². The number of aromatic nitrogens is 4. The number of pyridine rings is 1. The minimum Gasteiger partial charge on any atom is -0.382 e. The van der Waals surface area contributed by atoms with Gasteiger partial charge in [-0.25, -0.2) is 9.37 Å². The monoisotopic (exact) mass is 522 g/mol. The average molecular weight is 523 g/mol. The second kappa shape index (κ2) is 10.2. The maximum absolute atomic E-state index is 13.9. The Morgan fingerprint density at radius 2 is 2.11 bits per heavy atom. The topological polar surface area (TPSA) is 94.3 Å². The largest absolute Gasteiger partial charge is 0.382 e. The number of carbonyl (C=O) groups is 2. The van der Waals surface area contributed by atoms with Crippen molar-refractivity contribution in [2.75, 3.05) is 19.0 Å². The molecule has 0 saturated carbocycles. The fourth-order valence-electron chi connectivity index (χ4n) is 4.53. The van der Waals surface area contributed by atoms with Crippen LogP contribution < -0.4 is 5.32 Å². The number of aldehydes is 1. The van der Waals surface area contributed by atoms with Crippen LogP contribution in [0.4, 0.5) is 16.0 Å². The normalized spacial score (nSPS) is 15.1. The zero-order valence-corrected chi connectivity index (χ0v) is 20.9. The lowest BCUT2D eigenvalue weighted by molar-refractivity contribution is 0.0387. The van der Waals surface area contributed by atoms with Gasteiger partial charge in [0.1, 0.15) is 29.4 Å². The lowest BCUT2D eigenvalue weighted by atomic mass is 10.0. The molecule has 5 rings (SSSR count). The first kappa shape index (κ1) is 24.7. The number of ether oxygens (including phenoxy) is 1. The highest BCUT2D eigenvalue weighted by Gasteiger charge is 2.34. The molecule has 0 aliphatic carbocycles. The maximum atomic E-state index is 13.9. The van der Waals surface area contributed by atoms with Crippen LogP contribution in [-0.4, -0.2) is 56.2 Å². The summed E-state index contributed by atoms with van der Waals surface area (Å²) in [7, 11) is 3.38. The molecule has 1 aromatic carbocycles. The molecule has 9 nitrogen and oxygen atoms in total. The zero-order valence-electron chi connectivity index (χ0n) is 20.2. The molecule has 0 radical (unpaired) electrons. The van der Waals surface area contributed by atoms with E-state index in [-0.39, 0.29) is 25.1 Å². The Hall–Kier alpha value is -4.02. The molecule has 0 saturated heterocycles. The third-order valence-corrected chi connectivity index (χ3v) is 6.70. The van der Waals surface area contributed by atoms with E-state index in [1.54, 1.807) is 35.2 Å². The van der Waals surface area contributed by atoms with Crippen LogP contribution in [0.3, 0.4) is 0 Å². The number of anilines is 2. The molecule has 0 unspecified atom stereocenters. The van der Waals surface area contributed by atoms with E-state index in [1.165, 1.54) is 18.2 Å². The molecule has 190 valence electrons. The molecular weight excluding hydrogens is 499 g/mol. The highest BCUT2D eigenvalue weighted by Crippen LogP contribution is 2.34. The van der Waals surface area contributed by atoms with E-state index in [0.717, 1.165) is 11.4 Å². The average Bonchev–Trinajstić information content (AvgIpc) is 3.49. The Balaban J connectivity index is 1.48. The van der Waals surface area contributed by atoms with Gasteiger partial charge in [0.05, 0.1) is 23.9 Å². The van der Waals surface area contributed by atoms with Gasteiger partial charge in [-0.15, -0.1) is 0 Å². The van der Waals surface area contributed by atoms with E-state index in [1.807, 2.05) is 29.9 Å². The van der Waals surface area contributed by atoms with Crippen LogP contribution >= 0.6 is 11.6 Å². The smallest absolute Gasteiger partial charge is 0.271 e. The van der Waals surface area contributed by atoms with Gasteiger partial charge in [-0.05, 0) is 35.9 Å². The lowest BCUT2D eigenvalue weighted by Gasteiger charge is -2.36. The predicted octanol–water partition coefficient (Wildman–Crippen LogP) is 4.30. The van der Waals surface area contributed by atoms with Gasteiger partial charge in [0.25, 0.3) is 5.91 Å². The molecule has 1 amide bonds. The van der Waals surface area contributed by atoms with Crippen LogP contribution in [0.5, 0.6) is 0 Å². The number of nitrogens with zero attached hydrogens (tertiary/aromatic N) is 5. The number of hydrogen-bond acceptors (Lipinski definition) is 6. The van der Waals surface area contributed by atoms with Gasteiger partial charge in [0.15, 0.2) is 0 Å². The number of amides is 1. The van der Waals surface area contributed by atoms with E-state index in [4.69, 9.17) is 16.3 Å². The van der Waals surface area contributed by atoms with Gasteiger partial charge < -0.3 is 19.5 Å². The van der Waals surface area contributed by atoms with Gasteiger partial charge in [0.2, 0.25) is 0 Å². The SMILES string of the molecule is COC[C@H]1Cn2cc(-c3cc(Nc4ccnn4C)ncc3Cl)cc2C(=O)N1Cc1cc(F)ccc1C=O. The third-order valence-electron chi connectivity index (χ3n) is 6.40. The second-order valence-corrected chi connectivity index (χ2v) is 9.19. The van der Waals surface area contributed by atoms with Gasteiger partial charge in [-0.2, -0.15) is 5.10 Å². The fraction of sp³-hybridized carbons (Fsp3) is 0.231. The molecule has 4 heterocycles. The molecule has 1 aliphatic rings. The molecule has 11 heteroatoms. The Morgan fingerprint density at radius 1 is 1.27 bits per heavy atom. The van der Waals surface area contributed by atoms with Crippen molar-refractivity contribution in [3.05, 3.63) is 82.6 Å². The number of halogens is 2. The van der Waals surface area contributed by atoms with Crippen molar-refractivity contribution in [3.63, 3.8) is 0 Å². The molecule has 1 atom stereocenters. The Morgan fingerprint density at radius 3 is 2.84 bits per heavy atom. The van der Waals surface area contributed by atoms with Crippen molar-refractivity contribution in [2.24, 2.45) is 7.05 Å². The predicted molar refractivity (Wildman–Crippen MR) is 136 cm³/mol. The maximum Gasteiger partial charge on any atom is 0.271 e. The van der Waals surface area contributed by atoms with E-state index < -0.39 is 5.82 Å². The van der Waals surface area contributed by atoms with Crippen molar-refractivity contribution in [1.29, 1.82) is 0 Å². The number of aryl methyl sites for hydroxylation is 1. The summed E-state index contributed by atoms with van der Waals surface area (Å²) in [5, 5.41) is 7.79. The number of fused-ring (bicyclic) bond motifs is 1. The van der Waals surface area contributed by atoms with Gasteiger partial charge in [0, 0.05) is 62.4 Å². The summed E-state index contributed by atoms with van der Waals surface area (Å²) in [6.45, 7) is 0.816. The first-order chi connectivity index (χ1) is 17.9. The number of nitrogens with one attached hydrogen (secondary N) is 1. The lowest BCUT2D eigenvalue weighted by Crippen LogP contribution is -2.49. The molecule has 37 heavy (non-hydrogen) atoms. The summed E-state index contributed by atoms with van der Waals surface area (Å²) < 4.78 is 22.9. The van der Waals surface area contributed by atoms with Crippen LogP contribution in [0.25, 0.3) is 11.1 Å². The van der Waals surface area contributed by atoms with Gasteiger partial charge >= 0.3 is 0 Å². The standard InChI is InChI=1S/C26H24ClFN6O3/c1-32-25(5-6-30-32)31-24-9-21(22(27)10-29-24)18-8-23-26(36)34(20(15-37-2)13-33(23)11-18)12-17-7-19(28)4-3-16(17)14-35/h3-11,14,20H,12-13,15H2,1-2H3,(H,29,31)/t20-/m1/s1. The second-order valence-electron chi connectivity index (χ2n) is 8.78. The van der Waals surface area contributed by atoms with Crippen LogP contribution in [-0.2, 0) is 24.9 Å². The molecule has 0 fully saturated rings. The third kappa shape index (κ3) is 4.85. The summed E-state index contributed by atoms with van der Waals surface area (Å²) in [6.07, 6.45) is 5.77. The molecule has 0 bridgehead atoms. The molecule has 0 spiro atoms.